The molecule has 2 rings (SSSR count). The summed E-state index contributed by atoms with van der Waals surface area (Å²) in [6.07, 6.45) is 1.57. The summed E-state index contributed by atoms with van der Waals surface area (Å²) in [4.78, 5) is 0. The molecule has 0 aromatic heterocycles. The van der Waals surface area contributed by atoms with Gasteiger partial charge in [-0.05, 0) is 45.8 Å². The van der Waals surface area contributed by atoms with Crippen LogP contribution in [0, 0.1) is 17.1 Å². The molecule has 0 atom stereocenters. The normalized spacial score (nSPS) is 11.1. The molecule has 1 N–H and O–H groups in total. The minimum absolute atomic E-state index is 0.113. The zero-order chi connectivity index (χ0) is 13.8. The molecule has 0 spiro atoms. The molecule has 0 bridgehead atoms. The van der Waals surface area contributed by atoms with Gasteiger partial charge < -0.3 is 5.11 Å². The van der Waals surface area contributed by atoms with Crippen LogP contribution in [0.4, 0.5) is 4.39 Å². The second-order valence-electron chi connectivity index (χ2n) is 3.86. The van der Waals surface area contributed by atoms with E-state index >= 15 is 0 Å². The molecule has 0 fully saturated rings. The standard InChI is InChI=1S/C15H9BrFNO/c16-13-8-10(5-6-15(13)19)7-11(9-18)12-3-1-2-4-14(12)17/h1-8,19H/b11-7-. The summed E-state index contributed by atoms with van der Waals surface area (Å²) in [7, 11) is 0. The summed E-state index contributed by atoms with van der Waals surface area (Å²) in [5.41, 5.74) is 1.19. The minimum atomic E-state index is -0.437. The quantitative estimate of drug-likeness (QED) is 0.660. The van der Waals surface area contributed by atoms with Gasteiger partial charge in [-0.15, -0.1) is 0 Å². The Bertz CT molecular complexity index is 689. The maximum atomic E-state index is 13.6. The summed E-state index contributed by atoms with van der Waals surface area (Å²) in [5, 5.41) is 18.5. The van der Waals surface area contributed by atoms with E-state index in [1.807, 2.05) is 6.07 Å². The molecule has 2 aromatic carbocycles. The first-order valence-electron chi connectivity index (χ1n) is 5.47. The van der Waals surface area contributed by atoms with Crippen molar-refractivity contribution in [3.8, 4) is 11.8 Å². The maximum Gasteiger partial charge on any atom is 0.131 e. The predicted octanol–water partition coefficient (Wildman–Crippen LogP) is 4.36. The number of aromatic hydroxyl groups is 1. The van der Waals surface area contributed by atoms with Crippen molar-refractivity contribution >= 4 is 27.6 Å². The molecule has 0 heterocycles. The van der Waals surface area contributed by atoms with Crippen LogP contribution in [0.5, 0.6) is 5.75 Å². The van der Waals surface area contributed by atoms with Gasteiger partial charge in [-0.25, -0.2) is 4.39 Å². The minimum Gasteiger partial charge on any atom is -0.507 e. The van der Waals surface area contributed by atoms with Crippen LogP contribution >= 0.6 is 15.9 Å². The summed E-state index contributed by atoms with van der Waals surface area (Å²) in [6, 6.07) is 12.9. The Morgan fingerprint density at radius 3 is 2.63 bits per heavy atom. The number of hydrogen-bond donors (Lipinski definition) is 1. The first-order valence-corrected chi connectivity index (χ1v) is 6.26. The molecule has 0 aliphatic carbocycles. The number of allylic oxidation sites excluding steroid dienone is 1. The van der Waals surface area contributed by atoms with Gasteiger partial charge in [-0.1, -0.05) is 24.3 Å². The van der Waals surface area contributed by atoms with Crippen LogP contribution in [-0.2, 0) is 0 Å². The van der Waals surface area contributed by atoms with Gasteiger partial charge in [0.1, 0.15) is 11.6 Å². The Morgan fingerprint density at radius 1 is 1.26 bits per heavy atom. The van der Waals surface area contributed by atoms with E-state index in [4.69, 9.17) is 5.26 Å². The molecular formula is C15H9BrFNO. The maximum absolute atomic E-state index is 13.6. The van der Waals surface area contributed by atoms with E-state index < -0.39 is 5.82 Å². The third kappa shape index (κ3) is 3.01. The molecule has 0 radical (unpaired) electrons. The number of nitriles is 1. The van der Waals surface area contributed by atoms with Crippen LogP contribution in [0.2, 0.25) is 0 Å². The van der Waals surface area contributed by atoms with Crippen LogP contribution in [0.1, 0.15) is 11.1 Å². The van der Waals surface area contributed by atoms with Crippen LogP contribution < -0.4 is 0 Å². The van der Waals surface area contributed by atoms with Crippen LogP contribution in [-0.4, -0.2) is 5.11 Å². The average Bonchev–Trinajstić information content (AvgIpc) is 2.41. The van der Waals surface area contributed by atoms with Crippen LogP contribution in [0.25, 0.3) is 11.6 Å². The van der Waals surface area contributed by atoms with Gasteiger partial charge in [0.25, 0.3) is 0 Å². The predicted molar refractivity (Wildman–Crippen MR) is 75.7 cm³/mol. The fourth-order valence-electron chi connectivity index (χ4n) is 1.63. The van der Waals surface area contributed by atoms with E-state index in [0.29, 0.717) is 10.0 Å². The largest absolute Gasteiger partial charge is 0.507 e. The van der Waals surface area contributed by atoms with Gasteiger partial charge >= 0.3 is 0 Å². The molecular weight excluding hydrogens is 309 g/mol. The number of nitrogens with zero attached hydrogens (tertiary/aromatic N) is 1. The number of halogens is 2. The van der Waals surface area contributed by atoms with Crippen molar-refractivity contribution in [3.05, 3.63) is 63.9 Å². The highest BCUT2D eigenvalue weighted by Gasteiger charge is 2.07. The second-order valence-corrected chi connectivity index (χ2v) is 4.71. The smallest absolute Gasteiger partial charge is 0.131 e. The zero-order valence-corrected chi connectivity index (χ0v) is 11.4. The Balaban J connectivity index is 2.48. The molecule has 19 heavy (non-hydrogen) atoms. The van der Waals surface area contributed by atoms with Gasteiger partial charge in [0.15, 0.2) is 0 Å². The molecule has 0 saturated heterocycles. The Hall–Kier alpha value is -2.12. The first kappa shape index (κ1) is 13.3. The average molecular weight is 318 g/mol. The van der Waals surface area contributed by atoms with Gasteiger partial charge in [-0.3, -0.25) is 0 Å². The van der Waals surface area contributed by atoms with Crippen molar-refractivity contribution in [2.75, 3.05) is 0 Å². The molecule has 2 aromatic rings. The van der Waals surface area contributed by atoms with Gasteiger partial charge in [0, 0.05) is 5.56 Å². The second kappa shape index (κ2) is 5.68. The van der Waals surface area contributed by atoms with Gasteiger partial charge in [-0.2, -0.15) is 5.26 Å². The lowest BCUT2D eigenvalue weighted by Gasteiger charge is -2.02. The SMILES string of the molecule is N#C/C(=C/c1ccc(O)c(Br)c1)c1ccccc1F. The Kier molecular flexibility index (Phi) is 3.98. The summed E-state index contributed by atoms with van der Waals surface area (Å²) >= 11 is 3.19. The lowest BCUT2D eigenvalue weighted by molar-refractivity contribution is 0.472. The van der Waals surface area contributed by atoms with Crippen LogP contribution in [0.15, 0.2) is 46.9 Å². The van der Waals surface area contributed by atoms with E-state index in [-0.39, 0.29) is 16.9 Å². The van der Waals surface area contributed by atoms with Crippen molar-refractivity contribution in [1.29, 1.82) is 5.26 Å². The molecule has 2 nitrogen and oxygen atoms in total. The monoisotopic (exact) mass is 317 g/mol. The third-order valence-corrected chi connectivity index (χ3v) is 3.20. The third-order valence-electron chi connectivity index (χ3n) is 2.57. The molecule has 94 valence electrons. The molecule has 4 heteroatoms. The molecule has 0 aliphatic heterocycles. The summed E-state index contributed by atoms with van der Waals surface area (Å²) < 4.78 is 14.2. The number of benzene rings is 2. The first-order chi connectivity index (χ1) is 9.11. The fraction of sp³-hybridized carbons (Fsp3) is 0. The molecule has 0 aliphatic rings. The molecule has 0 amide bonds. The van der Waals surface area contributed by atoms with E-state index in [1.54, 1.807) is 36.4 Å². The highest BCUT2D eigenvalue weighted by atomic mass is 79.9. The summed E-state index contributed by atoms with van der Waals surface area (Å²) in [6.45, 7) is 0. The lowest BCUT2D eigenvalue weighted by Crippen LogP contribution is -1.87. The van der Waals surface area contributed by atoms with Crippen LogP contribution in [0.3, 0.4) is 0 Å². The van der Waals surface area contributed by atoms with Crippen molar-refractivity contribution in [3.63, 3.8) is 0 Å². The van der Waals surface area contributed by atoms with E-state index in [0.717, 1.165) is 0 Å². The molecule has 0 unspecified atom stereocenters. The number of phenolic OH excluding ortho intramolecular Hbond substituents is 1. The van der Waals surface area contributed by atoms with Crippen molar-refractivity contribution in [2.24, 2.45) is 0 Å². The number of rotatable bonds is 2. The van der Waals surface area contributed by atoms with Gasteiger partial charge in [0.05, 0.1) is 16.1 Å². The highest BCUT2D eigenvalue weighted by Crippen LogP contribution is 2.27. The summed E-state index contributed by atoms with van der Waals surface area (Å²) in [5.74, 6) is -0.324. The lowest BCUT2D eigenvalue weighted by atomic mass is 10.0. The van der Waals surface area contributed by atoms with Crippen molar-refractivity contribution < 1.29 is 9.50 Å². The van der Waals surface area contributed by atoms with E-state index in [2.05, 4.69) is 15.9 Å². The van der Waals surface area contributed by atoms with Crippen molar-refractivity contribution in [2.45, 2.75) is 0 Å². The van der Waals surface area contributed by atoms with E-state index in [9.17, 15) is 9.50 Å². The van der Waals surface area contributed by atoms with E-state index in [1.165, 1.54) is 12.1 Å². The van der Waals surface area contributed by atoms with Gasteiger partial charge in [0.2, 0.25) is 0 Å². The molecule has 0 saturated carbocycles. The Morgan fingerprint density at radius 2 is 2.00 bits per heavy atom. The Labute approximate surface area is 118 Å². The topological polar surface area (TPSA) is 44.0 Å². The highest BCUT2D eigenvalue weighted by molar-refractivity contribution is 9.10. The van der Waals surface area contributed by atoms with Crippen molar-refractivity contribution in [1.82, 2.24) is 0 Å². The number of hydrogen-bond acceptors (Lipinski definition) is 2. The zero-order valence-electron chi connectivity index (χ0n) is 9.77. The fourth-order valence-corrected chi connectivity index (χ4v) is 2.03. The number of phenols is 1.